The van der Waals surface area contributed by atoms with Gasteiger partial charge in [0.25, 0.3) is 5.69 Å². The van der Waals surface area contributed by atoms with Crippen molar-refractivity contribution in [1.82, 2.24) is 4.98 Å². The minimum atomic E-state index is -0.402. The maximum absolute atomic E-state index is 10.9. The number of pyridine rings is 1. The van der Waals surface area contributed by atoms with Gasteiger partial charge in [0.15, 0.2) is 0 Å². The molecule has 0 saturated heterocycles. The second-order valence-electron chi connectivity index (χ2n) is 4.82. The number of fused-ring (bicyclic) bond motifs is 1. The number of nitrogens with two attached hydrogens (primary N) is 1. The third kappa shape index (κ3) is 3.03. The number of nitro groups is 1. The lowest BCUT2D eigenvalue weighted by Crippen LogP contribution is -2.28. The number of aryl methyl sites for hydroxylation is 1. The number of anilines is 1. The molecule has 1 aromatic heterocycles. The van der Waals surface area contributed by atoms with Gasteiger partial charge in [-0.2, -0.15) is 0 Å². The molecule has 1 heterocycles. The molecule has 3 N–H and O–H groups in total. The van der Waals surface area contributed by atoms with Gasteiger partial charge in [0, 0.05) is 41.5 Å². The first-order valence-electron chi connectivity index (χ1n) is 6.56. The van der Waals surface area contributed by atoms with Crippen LogP contribution in [-0.2, 0) is 0 Å². The van der Waals surface area contributed by atoms with Gasteiger partial charge >= 0.3 is 0 Å². The van der Waals surface area contributed by atoms with Crippen LogP contribution in [0, 0.1) is 17.0 Å². The van der Waals surface area contributed by atoms with Crippen molar-refractivity contribution in [2.24, 2.45) is 5.73 Å². The van der Waals surface area contributed by atoms with Crippen LogP contribution in [0.4, 0.5) is 11.4 Å². The van der Waals surface area contributed by atoms with Gasteiger partial charge in [-0.1, -0.05) is 6.92 Å². The number of non-ortho nitro benzene ring substituents is 1. The highest BCUT2D eigenvalue weighted by molar-refractivity contribution is 5.93. The Morgan fingerprint density at radius 3 is 2.85 bits per heavy atom. The summed E-state index contributed by atoms with van der Waals surface area (Å²) in [5, 5.41) is 14.9. The van der Waals surface area contributed by atoms with Gasteiger partial charge in [-0.15, -0.1) is 0 Å². The first-order valence-corrected chi connectivity index (χ1v) is 6.56. The van der Waals surface area contributed by atoms with Crippen LogP contribution in [0.3, 0.4) is 0 Å². The van der Waals surface area contributed by atoms with E-state index in [0.717, 1.165) is 28.7 Å². The van der Waals surface area contributed by atoms with E-state index in [1.54, 1.807) is 12.1 Å². The third-order valence-corrected chi connectivity index (χ3v) is 3.21. The molecule has 106 valence electrons. The van der Waals surface area contributed by atoms with Gasteiger partial charge in [-0.3, -0.25) is 15.1 Å². The Morgan fingerprint density at radius 2 is 2.20 bits per heavy atom. The molecule has 0 amide bonds. The van der Waals surface area contributed by atoms with Crippen LogP contribution in [0.15, 0.2) is 24.3 Å². The summed E-state index contributed by atoms with van der Waals surface area (Å²) < 4.78 is 0. The summed E-state index contributed by atoms with van der Waals surface area (Å²) in [6, 6.07) is 6.62. The molecule has 2 rings (SSSR count). The SMILES string of the molecule is CCC(N)CNc1cc(C)nc2ccc([N+](=O)[O-])cc12. The van der Waals surface area contributed by atoms with Crippen LogP contribution in [0.2, 0.25) is 0 Å². The minimum absolute atomic E-state index is 0.0530. The second-order valence-corrected chi connectivity index (χ2v) is 4.82. The molecule has 1 aromatic carbocycles. The van der Waals surface area contributed by atoms with Gasteiger partial charge < -0.3 is 11.1 Å². The molecule has 0 fully saturated rings. The average molecular weight is 274 g/mol. The maximum Gasteiger partial charge on any atom is 0.270 e. The smallest absolute Gasteiger partial charge is 0.270 e. The van der Waals surface area contributed by atoms with E-state index in [-0.39, 0.29) is 11.7 Å². The fraction of sp³-hybridized carbons (Fsp3) is 0.357. The molecule has 0 spiro atoms. The van der Waals surface area contributed by atoms with Crippen molar-refractivity contribution in [1.29, 1.82) is 0 Å². The van der Waals surface area contributed by atoms with E-state index in [4.69, 9.17) is 5.73 Å². The van der Waals surface area contributed by atoms with Crippen LogP contribution in [0.5, 0.6) is 0 Å². The zero-order chi connectivity index (χ0) is 14.7. The zero-order valence-corrected chi connectivity index (χ0v) is 11.6. The van der Waals surface area contributed by atoms with Gasteiger partial charge in [0.05, 0.1) is 10.4 Å². The Morgan fingerprint density at radius 1 is 1.45 bits per heavy atom. The number of nitrogens with one attached hydrogen (secondary N) is 1. The molecule has 0 aliphatic heterocycles. The van der Waals surface area contributed by atoms with Crippen LogP contribution in [0.1, 0.15) is 19.0 Å². The average Bonchev–Trinajstić information content (AvgIpc) is 2.43. The van der Waals surface area contributed by atoms with Crippen molar-refractivity contribution in [2.75, 3.05) is 11.9 Å². The Balaban J connectivity index is 2.44. The molecule has 6 heteroatoms. The number of nitro benzene ring substituents is 1. The number of hydrogen-bond donors (Lipinski definition) is 2. The van der Waals surface area contributed by atoms with E-state index < -0.39 is 4.92 Å². The summed E-state index contributed by atoms with van der Waals surface area (Å²) in [5.74, 6) is 0. The molecular weight excluding hydrogens is 256 g/mol. The van der Waals surface area contributed by atoms with E-state index in [0.29, 0.717) is 6.54 Å². The molecule has 1 unspecified atom stereocenters. The van der Waals surface area contributed by atoms with Gasteiger partial charge in [0.1, 0.15) is 0 Å². The standard InChI is InChI=1S/C14H18N4O2/c1-3-10(15)8-16-14-6-9(2)17-13-5-4-11(18(19)20)7-12(13)14/h4-7,10H,3,8,15H2,1-2H3,(H,16,17). The van der Waals surface area contributed by atoms with Gasteiger partial charge in [0.2, 0.25) is 0 Å². The van der Waals surface area contributed by atoms with Crippen molar-refractivity contribution in [3.8, 4) is 0 Å². The number of nitrogens with zero attached hydrogens (tertiary/aromatic N) is 2. The van der Waals surface area contributed by atoms with E-state index >= 15 is 0 Å². The molecule has 2 aromatic rings. The molecule has 6 nitrogen and oxygen atoms in total. The summed E-state index contributed by atoms with van der Waals surface area (Å²) in [6.45, 7) is 4.54. The maximum atomic E-state index is 10.9. The van der Waals surface area contributed by atoms with Crippen molar-refractivity contribution >= 4 is 22.3 Å². The third-order valence-electron chi connectivity index (χ3n) is 3.21. The van der Waals surface area contributed by atoms with Crippen molar-refractivity contribution < 1.29 is 4.92 Å². The predicted molar refractivity (Wildman–Crippen MR) is 79.9 cm³/mol. The molecule has 20 heavy (non-hydrogen) atoms. The molecule has 1 atom stereocenters. The molecular formula is C14H18N4O2. The molecule has 0 aliphatic rings. The summed E-state index contributed by atoms with van der Waals surface area (Å²) in [7, 11) is 0. The summed E-state index contributed by atoms with van der Waals surface area (Å²) >= 11 is 0. The van der Waals surface area contributed by atoms with E-state index in [1.807, 2.05) is 19.9 Å². The van der Waals surface area contributed by atoms with Crippen molar-refractivity contribution in [3.05, 3.63) is 40.1 Å². The van der Waals surface area contributed by atoms with Gasteiger partial charge in [-0.05, 0) is 25.5 Å². The van der Waals surface area contributed by atoms with Crippen LogP contribution in [0.25, 0.3) is 10.9 Å². The van der Waals surface area contributed by atoms with Crippen molar-refractivity contribution in [2.45, 2.75) is 26.3 Å². The quantitative estimate of drug-likeness (QED) is 0.645. The van der Waals surface area contributed by atoms with E-state index in [9.17, 15) is 10.1 Å². The first kappa shape index (κ1) is 14.2. The Bertz CT molecular complexity index is 642. The monoisotopic (exact) mass is 274 g/mol. The highest BCUT2D eigenvalue weighted by Crippen LogP contribution is 2.27. The molecule has 0 bridgehead atoms. The number of aromatic nitrogens is 1. The molecule has 0 radical (unpaired) electrons. The summed E-state index contributed by atoms with van der Waals surface area (Å²) in [6.07, 6.45) is 0.870. The van der Waals surface area contributed by atoms with Crippen LogP contribution < -0.4 is 11.1 Å². The largest absolute Gasteiger partial charge is 0.383 e. The highest BCUT2D eigenvalue weighted by Gasteiger charge is 2.11. The number of benzene rings is 1. The minimum Gasteiger partial charge on any atom is -0.383 e. The fourth-order valence-electron chi connectivity index (χ4n) is 1.99. The topological polar surface area (TPSA) is 94.1 Å². The Labute approximate surface area is 117 Å². The Hall–Kier alpha value is -2.21. The molecule has 0 aliphatic carbocycles. The first-order chi connectivity index (χ1) is 9.51. The normalized spacial score (nSPS) is 12.3. The Kier molecular flexibility index (Phi) is 4.14. The van der Waals surface area contributed by atoms with Crippen LogP contribution in [-0.4, -0.2) is 22.5 Å². The fourth-order valence-corrected chi connectivity index (χ4v) is 1.99. The van der Waals surface area contributed by atoms with Crippen molar-refractivity contribution in [3.63, 3.8) is 0 Å². The lowest BCUT2D eigenvalue weighted by atomic mass is 10.1. The highest BCUT2D eigenvalue weighted by atomic mass is 16.6. The lowest BCUT2D eigenvalue weighted by molar-refractivity contribution is -0.384. The molecule has 0 saturated carbocycles. The second kappa shape index (κ2) is 5.83. The number of hydrogen-bond acceptors (Lipinski definition) is 5. The van der Waals surface area contributed by atoms with Crippen LogP contribution >= 0.6 is 0 Å². The van der Waals surface area contributed by atoms with E-state index in [1.165, 1.54) is 6.07 Å². The van der Waals surface area contributed by atoms with E-state index in [2.05, 4.69) is 10.3 Å². The number of rotatable bonds is 5. The lowest BCUT2D eigenvalue weighted by Gasteiger charge is -2.14. The summed E-state index contributed by atoms with van der Waals surface area (Å²) in [4.78, 5) is 14.9. The predicted octanol–water partition coefficient (Wildman–Crippen LogP) is 2.60. The zero-order valence-electron chi connectivity index (χ0n) is 11.6. The summed E-state index contributed by atoms with van der Waals surface area (Å²) in [5.41, 5.74) is 8.39. The van der Waals surface area contributed by atoms with Gasteiger partial charge in [-0.25, -0.2) is 0 Å².